The van der Waals surface area contributed by atoms with E-state index in [2.05, 4.69) is 50.3 Å². The number of rotatable bonds is 7. The highest BCUT2D eigenvalue weighted by Gasteiger charge is 2.25. The minimum Gasteiger partial charge on any atom is -0.342 e. The lowest BCUT2D eigenvalue weighted by atomic mass is 9.93. The molecule has 0 spiro atoms. The predicted molar refractivity (Wildman–Crippen MR) is 121 cm³/mol. The lowest BCUT2D eigenvalue weighted by Gasteiger charge is -2.37. The maximum Gasteiger partial charge on any atom is 0.236 e. The number of carbonyl (C=O) groups is 1. The van der Waals surface area contributed by atoms with E-state index in [0.29, 0.717) is 12.5 Å². The van der Waals surface area contributed by atoms with Gasteiger partial charge in [0.2, 0.25) is 5.91 Å². The minimum absolute atomic E-state index is 0. The number of piperidine rings is 1. The van der Waals surface area contributed by atoms with Gasteiger partial charge in [0.1, 0.15) is 0 Å². The number of piperazine rings is 1. The molecule has 1 aromatic carbocycles. The summed E-state index contributed by atoms with van der Waals surface area (Å²) in [5.74, 6) is 1.11. The number of benzene rings is 1. The predicted octanol–water partition coefficient (Wildman–Crippen LogP) is 2.50. The molecule has 2 aliphatic heterocycles. The molecule has 0 bridgehead atoms. The van der Waals surface area contributed by atoms with Crippen molar-refractivity contribution in [2.24, 2.45) is 5.92 Å². The molecule has 0 radical (unpaired) electrons. The Kier molecular flexibility index (Phi) is 12.0. The minimum atomic E-state index is 0. The van der Waals surface area contributed by atoms with E-state index in [4.69, 9.17) is 0 Å². The Bertz CT molecular complexity index is 545. The molecule has 0 aliphatic carbocycles. The SMILES string of the molecule is CNCCC1CCN(C(=O)CN2CCN(Cc3ccccc3)CC2)CC1.Cl.Cl. The summed E-state index contributed by atoms with van der Waals surface area (Å²) in [6.07, 6.45) is 3.57. The largest absolute Gasteiger partial charge is 0.342 e. The summed E-state index contributed by atoms with van der Waals surface area (Å²) in [6.45, 7) is 8.69. The van der Waals surface area contributed by atoms with Crippen LogP contribution >= 0.6 is 24.8 Å². The third kappa shape index (κ3) is 7.88. The van der Waals surface area contributed by atoms with Crippen LogP contribution in [0.2, 0.25) is 0 Å². The van der Waals surface area contributed by atoms with E-state index >= 15 is 0 Å². The zero-order chi connectivity index (χ0) is 18.2. The highest BCUT2D eigenvalue weighted by molar-refractivity contribution is 5.85. The van der Waals surface area contributed by atoms with Crippen molar-refractivity contribution >= 4 is 30.7 Å². The van der Waals surface area contributed by atoms with Crippen LogP contribution in [0.5, 0.6) is 0 Å². The van der Waals surface area contributed by atoms with Gasteiger partial charge in [-0.25, -0.2) is 0 Å². The van der Waals surface area contributed by atoms with Gasteiger partial charge in [0.25, 0.3) is 0 Å². The fourth-order valence-corrected chi connectivity index (χ4v) is 4.06. The quantitative estimate of drug-likeness (QED) is 0.720. The first kappa shape index (κ1) is 25.2. The molecule has 0 saturated carbocycles. The van der Waals surface area contributed by atoms with Crippen molar-refractivity contribution in [2.45, 2.75) is 25.8 Å². The van der Waals surface area contributed by atoms with Crippen molar-refractivity contribution < 1.29 is 4.79 Å². The molecule has 2 fully saturated rings. The number of hydrogen-bond donors (Lipinski definition) is 1. The van der Waals surface area contributed by atoms with Crippen molar-refractivity contribution in [3.63, 3.8) is 0 Å². The molecule has 2 heterocycles. The van der Waals surface area contributed by atoms with E-state index in [1.165, 1.54) is 12.0 Å². The van der Waals surface area contributed by atoms with Gasteiger partial charge in [-0.15, -0.1) is 24.8 Å². The number of likely N-dealkylation sites (tertiary alicyclic amines) is 1. The second kappa shape index (κ2) is 13.4. The number of halogens is 2. The Labute approximate surface area is 182 Å². The number of carbonyl (C=O) groups excluding carboxylic acids is 1. The molecule has 0 atom stereocenters. The van der Waals surface area contributed by atoms with Crippen molar-refractivity contribution in [2.75, 3.05) is 59.4 Å². The van der Waals surface area contributed by atoms with Gasteiger partial charge in [-0.05, 0) is 44.3 Å². The molecule has 2 aliphatic rings. The van der Waals surface area contributed by atoms with Crippen molar-refractivity contribution in [3.05, 3.63) is 35.9 Å². The summed E-state index contributed by atoms with van der Waals surface area (Å²) in [4.78, 5) is 19.5. The van der Waals surface area contributed by atoms with Crippen LogP contribution in [0.25, 0.3) is 0 Å². The van der Waals surface area contributed by atoms with Gasteiger partial charge in [-0.1, -0.05) is 30.3 Å². The molecule has 160 valence electrons. The molecule has 5 nitrogen and oxygen atoms in total. The molecule has 0 unspecified atom stereocenters. The van der Waals surface area contributed by atoms with Crippen LogP contribution in [0, 0.1) is 5.92 Å². The van der Waals surface area contributed by atoms with Gasteiger partial charge in [-0.2, -0.15) is 0 Å². The lowest BCUT2D eigenvalue weighted by molar-refractivity contribution is -0.134. The third-order valence-electron chi connectivity index (χ3n) is 5.84. The highest BCUT2D eigenvalue weighted by Crippen LogP contribution is 2.20. The van der Waals surface area contributed by atoms with Crippen LogP contribution in [-0.2, 0) is 11.3 Å². The monoisotopic (exact) mass is 430 g/mol. The topological polar surface area (TPSA) is 38.8 Å². The van der Waals surface area contributed by atoms with E-state index in [1.54, 1.807) is 0 Å². The Morgan fingerprint density at radius 3 is 2.18 bits per heavy atom. The Balaban J connectivity index is 0.00000196. The lowest BCUT2D eigenvalue weighted by Crippen LogP contribution is -2.50. The molecule has 2 saturated heterocycles. The van der Waals surface area contributed by atoms with Crippen LogP contribution in [0.3, 0.4) is 0 Å². The summed E-state index contributed by atoms with van der Waals surface area (Å²) in [5.41, 5.74) is 1.37. The van der Waals surface area contributed by atoms with Crippen molar-refractivity contribution in [1.29, 1.82) is 0 Å². The van der Waals surface area contributed by atoms with Crippen LogP contribution < -0.4 is 5.32 Å². The smallest absolute Gasteiger partial charge is 0.236 e. The van der Waals surface area contributed by atoms with Crippen LogP contribution in [0.4, 0.5) is 0 Å². The van der Waals surface area contributed by atoms with E-state index in [9.17, 15) is 4.79 Å². The van der Waals surface area contributed by atoms with Gasteiger partial charge in [0.05, 0.1) is 6.54 Å². The second-order valence-electron chi connectivity index (χ2n) is 7.75. The number of hydrogen-bond acceptors (Lipinski definition) is 4. The standard InChI is InChI=1S/C21H34N4O.2ClH/c1-22-10-7-19-8-11-25(12-9-19)21(26)18-24-15-13-23(14-16-24)17-20-5-3-2-4-6-20;;/h2-6,19,22H,7-18H2,1H3;2*1H. The van der Waals surface area contributed by atoms with Gasteiger partial charge in [0, 0.05) is 45.8 Å². The first-order valence-electron chi connectivity index (χ1n) is 10.2. The normalized spacial score (nSPS) is 19.0. The summed E-state index contributed by atoms with van der Waals surface area (Å²) in [5, 5.41) is 3.23. The molecule has 1 aromatic rings. The van der Waals surface area contributed by atoms with E-state index in [1.807, 2.05) is 7.05 Å². The molecule has 1 amide bonds. The van der Waals surface area contributed by atoms with Crippen LogP contribution in [-0.4, -0.2) is 80.0 Å². The maximum atomic E-state index is 12.6. The number of amides is 1. The molecule has 1 N–H and O–H groups in total. The van der Waals surface area contributed by atoms with Crippen LogP contribution in [0.15, 0.2) is 30.3 Å². The first-order valence-corrected chi connectivity index (χ1v) is 10.2. The fraction of sp³-hybridized carbons (Fsp3) is 0.667. The van der Waals surface area contributed by atoms with Gasteiger partial charge in [-0.3, -0.25) is 14.6 Å². The third-order valence-corrected chi connectivity index (χ3v) is 5.84. The number of nitrogens with one attached hydrogen (secondary N) is 1. The van der Waals surface area contributed by atoms with Crippen LogP contribution in [0.1, 0.15) is 24.8 Å². The Hall–Kier alpha value is -0.850. The molecule has 28 heavy (non-hydrogen) atoms. The van der Waals surface area contributed by atoms with Crippen molar-refractivity contribution in [1.82, 2.24) is 20.0 Å². The Morgan fingerprint density at radius 2 is 1.57 bits per heavy atom. The summed E-state index contributed by atoms with van der Waals surface area (Å²) in [7, 11) is 2.01. The first-order chi connectivity index (χ1) is 12.7. The Morgan fingerprint density at radius 1 is 0.964 bits per heavy atom. The summed E-state index contributed by atoms with van der Waals surface area (Å²) >= 11 is 0. The maximum absolute atomic E-state index is 12.6. The summed E-state index contributed by atoms with van der Waals surface area (Å²) in [6, 6.07) is 10.7. The molecule has 3 rings (SSSR count). The van der Waals surface area contributed by atoms with Gasteiger partial charge >= 0.3 is 0 Å². The average molecular weight is 431 g/mol. The highest BCUT2D eigenvalue weighted by atomic mass is 35.5. The molecular weight excluding hydrogens is 395 g/mol. The zero-order valence-electron chi connectivity index (χ0n) is 17.0. The van der Waals surface area contributed by atoms with E-state index in [-0.39, 0.29) is 24.8 Å². The van der Waals surface area contributed by atoms with Crippen molar-refractivity contribution in [3.8, 4) is 0 Å². The molecule has 7 heteroatoms. The molecular formula is C21H36Cl2N4O. The van der Waals surface area contributed by atoms with E-state index < -0.39 is 0 Å². The fourth-order valence-electron chi connectivity index (χ4n) is 4.06. The average Bonchev–Trinajstić information content (AvgIpc) is 2.69. The van der Waals surface area contributed by atoms with Gasteiger partial charge < -0.3 is 10.2 Å². The summed E-state index contributed by atoms with van der Waals surface area (Å²) < 4.78 is 0. The second-order valence-corrected chi connectivity index (χ2v) is 7.75. The molecule has 0 aromatic heterocycles. The van der Waals surface area contributed by atoms with Gasteiger partial charge in [0.15, 0.2) is 0 Å². The zero-order valence-corrected chi connectivity index (χ0v) is 18.6. The number of nitrogens with zero attached hydrogens (tertiary/aromatic N) is 3. The van der Waals surface area contributed by atoms with E-state index in [0.717, 1.165) is 71.1 Å².